The van der Waals surface area contributed by atoms with Crippen molar-refractivity contribution in [3.8, 4) is 0 Å². The molecule has 0 aromatic rings. The Kier molecular flexibility index (Phi) is 1.87. The third-order valence-corrected chi connectivity index (χ3v) is 2.95. The van der Waals surface area contributed by atoms with Gasteiger partial charge < -0.3 is 10.8 Å². The fraction of sp³-hybridized carbons (Fsp3) is 0.800. The molecule has 1 aliphatic rings. The van der Waals surface area contributed by atoms with E-state index in [0.717, 1.165) is 0 Å². The average Bonchev–Trinajstić information content (AvgIpc) is 1.81. The van der Waals surface area contributed by atoms with Crippen molar-refractivity contribution in [2.75, 3.05) is 11.5 Å². The van der Waals surface area contributed by atoms with Crippen LogP contribution in [-0.4, -0.2) is 34.3 Å². The Hall–Kier alpha value is -0.290. The molecule has 1 unspecified atom stereocenters. The van der Waals surface area contributed by atoms with Crippen molar-refractivity contribution >= 4 is 17.7 Å². The zero-order chi connectivity index (χ0) is 7.78. The summed E-state index contributed by atoms with van der Waals surface area (Å²) >= 11 is 1.46. The van der Waals surface area contributed by atoms with Gasteiger partial charge >= 0.3 is 5.97 Å². The number of aliphatic carboxylic acids is 1. The molecule has 0 saturated carbocycles. The van der Waals surface area contributed by atoms with Crippen LogP contribution < -0.4 is 5.73 Å². The van der Waals surface area contributed by atoms with E-state index in [0.29, 0.717) is 11.5 Å². The summed E-state index contributed by atoms with van der Waals surface area (Å²) in [4.78, 5) is 10.1. The molecule has 5 heteroatoms. The highest BCUT2D eigenvalue weighted by Gasteiger charge is 2.45. The standard InChI is InChI=1S/C5H8FNO2S/c6-3(4(8)9)5(7)1-10-2-5/h3H,1-2,7H2,(H,8,9). The van der Waals surface area contributed by atoms with Crippen molar-refractivity contribution in [3.05, 3.63) is 0 Å². The molecule has 1 atom stereocenters. The van der Waals surface area contributed by atoms with E-state index >= 15 is 0 Å². The molecule has 0 aliphatic carbocycles. The molecular weight excluding hydrogens is 157 g/mol. The van der Waals surface area contributed by atoms with E-state index < -0.39 is 17.7 Å². The first-order valence-corrected chi connectivity index (χ1v) is 3.95. The summed E-state index contributed by atoms with van der Waals surface area (Å²) in [5, 5.41) is 8.22. The number of rotatable bonds is 2. The maximum absolute atomic E-state index is 12.6. The van der Waals surface area contributed by atoms with Crippen LogP contribution in [0.1, 0.15) is 0 Å². The molecule has 0 amide bonds. The molecule has 58 valence electrons. The van der Waals surface area contributed by atoms with Crippen LogP contribution >= 0.6 is 11.8 Å². The van der Waals surface area contributed by atoms with E-state index in [-0.39, 0.29) is 0 Å². The summed E-state index contributed by atoms with van der Waals surface area (Å²) in [6.45, 7) is 0. The summed E-state index contributed by atoms with van der Waals surface area (Å²) in [6.07, 6.45) is -1.91. The van der Waals surface area contributed by atoms with Gasteiger partial charge in [0.05, 0.1) is 5.54 Å². The number of nitrogens with two attached hydrogens (primary N) is 1. The van der Waals surface area contributed by atoms with Crippen molar-refractivity contribution < 1.29 is 14.3 Å². The molecule has 1 saturated heterocycles. The highest BCUT2D eigenvalue weighted by atomic mass is 32.2. The summed E-state index contributed by atoms with van der Waals surface area (Å²) in [5.41, 5.74) is 4.27. The lowest BCUT2D eigenvalue weighted by atomic mass is 9.99. The van der Waals surface area contributed by atoms with Crippen LogP contribution in [0.4, 0.5) is 4.39 Å². The molecule has 1 fully saturated rings. The second kappa shape index (κ2) is 2.39. The number of hydrogen-bond donors (Lipinski definition) is 2. The minimum absolute atomic E-state index is 0.403. The lowest BCUT2D eigenvalue weighted by Gasteiger charge is -2.37. The molecule has 3 N–H and O–H groups in total. The van der Waals surface area contributed by atoms with Gasteiger partial charge in [0.15, 0.2) is 0 Å². The molecule has 0 spiro atoms. The van der Waals surface area contributed by atoms with E-state index in [1.807, 2.05) is 0 Å². The van der Waals surface area contributed by atoms with Crippen LogP contribution in [0.5, 0.6) is 0 Å². The van der Waals surface area contributed by atoms with Gasteiger partial charge in [-0.1, -0.05) is 0 Å². The van der Waals surface area contributed by atoms with Gasteiger partial charge in [-0.2, -0.15) is 11.8 Å². The fourth-order valence-corrected chi connectivity index (χ4v) is 1.70. The molecule has 1 rings (SSSR count). The number of hydrogen-bond acceptors (Lipinski definition) is 3. The van der Waals surface area contributed by atoms with Gasteiger partial charge in [0, 0.05) is 11.5 Å². The molecule has 1 heterocycles. The fourth-order valence-electron chi connectivity index (χ4n) is 0.730. The molecular formula is C5H8FNO2S. The number of carboxylic acids is 1. The van der Waals surface area contributed by atoms with E-state index in [4.69, 9.17) is 10.8 Å². The third-order valence-electron chi connectivity index (χ3n) is 1.46. The summed E-state index contributed by atoms with van der Waals surface area (Å²) < 4.78 is 12.6. The zero-order valence-corrected chi connectivity index (χ0v) is 6.03. The Balaban J connectivity index is 2.54. The van der Waals surface area contributed by atoms with Gasteiger partial charge in [0.1, 0.15) is 0 Å². The Morgan fingerprint density at radius 3 is 2.40 bits per heavy atom. The predicted molar refractivity (Wildman–Crippen MR) is 36.8 cm³/mol. The second-order valence-electron chi connectivity index (χ2n) is 2.43. The predicted octanol–water partition coefficient (Wildman–Crippen LogP) is -0.147. The first-order chi connectivity index (χ1) is 4.56. The smallest absolute Gasteiger partial charge is 0.340 e. The minimum Gasteiger partial charge on any atom is -0.479 e. The summed E-state index contributed by atoms with van der Waals surface area (Å²) in [6, 6.07) is 0. The van der Waals surface area contributed by atoms with Gasteiger partial charge in [-0.3, -0.25) is 0 Å². The van der Waals surface area contributed by atoms with Gasteiger partial charge in [-0.25, -0.2) is 9.18 Å². The topological polar surface area (TPSA) is 63.3 Å². The lowest BCUT2D eigenvalue weighted by Crippen LogP contribution is -2.61. The number of carbonyl (C=O) groups is 1. The SMILES string of the molecule is NC1(C(F)C(=O)O)CSC1. The molecule has 0 bridgehead atoms. The van der Waals surface area contributed by atoms with Gasteiger partial charge in [-0.05, 0) is 0 Å². The van der Waals surface area contributed by atoms with Crippen LogP contribution in [0.25, 0.3) is 0 Å². The normalized spacial score (nSPS) is 25.0. The number of halogens is 1. The zero-order valence-electron chi connectivity index (χ0n) is 5.21. The monoisotopic (exact) mass is 165 g/mol. The molecule has 10 heavy (non-hydrogen) atoms. The van der Waals surface area contributed by atoms with Crippen LogP contribution in [0.3, 0.4) is 0 Å². The summed E-state index contributed by atoms with van der Waals surface area (Å²) in [7, 11) is 0. The van der Waals surface area contributed by atoms with Crippen molar-refractivity contribution in [2.24, 2.45) is 5.73 Å². The van der Waals surface area contributed by atoms with E-state index in [1.54, 1.807) is 0 Å². The second-order valence-corrected chi connectivity index (χ2v) is 3.41. The highest BCUT2D eigenvalue weighted by Crippen LogP contribution is 2.31. The first-order valence-electron chi connectivity index (χ1n) is 2.80. The Morgan fingerprint density at radius 2 is 2.30 bits per heavy atom. The van der Waals surface area contributed by atoms with E-state index in [2.05, 4.69) is 0 Å². The largest absolute Gasteiger partial charge is 0.479 e. The van der Waals surface area contributed by atoms with Crippen LogP contribution in [0.2, 0.25) is 0 Å². The Bertz CT molecular complexity index is 160. The van der Waals surface area contributed by atoms with Gasteiger partial charge in [0.25, 0.3) is 0 Å². The Labute approximate surface area is 61.8 Å². The quantitative estimate of drug-likeness (QED) is 0.597. The van der Waals surface area contributed by atoms with Crippen LogP contribution in [0, 0.1) is 0 Å². The molecule has 0 aromatic heterocycles. The summed E-state index contributed by atoms with van der Waals surface area (Å²) in [5.74, 6) is -0.649. The molecule has 0 aromatic carbocycles. The number of thioether (sulfide) groups is 1. The van der Waals surface area contributed by atoms with Gasteiger partial charge in [-0.15, -0.1) is 0 Å². The van der Waals surface area contributed by atoms with Crippen molar-refractivity contribution in [3.63, 3.8) is 0 Å². The maximum Gasteiger partial charge on any atom is 0.340 e. The van der Waals surface area contributed by atoms with Crippen molar-refractivity contribution in [1.29, 1.82) is 0 Å². The number of alkyl halides is 1. The van der Waals surface area contributed by atoms with E-state index in [1.165, 1.54) is 11.8 Å². The lowest BCUT2D eigenvalue weighted by molar-refractivity contribution is -0.144. The van der Waals surface area contributed by atoms with Crippen molar-refractivity contribution in [2.45, 2.75) is 11.7 Å². The van der Waals surface area contributed by atoms with E-state index in [9.17, 15) is 9.18 Å². The highest BCUT2D eigenvalue weighted by molar-refractivity contribution is 8.00. The molecule has 1 aliphatic heterocycles. The Morgan fingerprint density at radius 1 is 1.80 bits per heavy atom. The first kappa shape index (κ1) is 7.81. The average molecular weight is 165 g/mol. The molecule has 0 radical (unpaired) electrons. The van der Waals surface area contributed by atoms with Gasteiger partial charge in [0.2, 0.25) is 6.17 Å². The number of carboxylic acid groups (broad SMARTS) is 1. The molecule has 3 nitrogen and oxygen atoms in total. The minimum atomic E-state index is -1.91. The van der Waals surface area contributed by atoms with Crippen LogP contribution in [0.15, 0.2) is 0 Å². The van der Waals surface area contributed by atoms with Crippen molar-refractivity contribution in [1.82, 2.24) is 0 Å². The maximum atomic E-state index is 12.6. The van der Waals surface area contributed by atoms with Crippen LogP contribution in [-0.2, 0) is 4.79 Å². The third kappa shape index (κ3) is 1.11.